The van der Waals surface area contributed by atoms with Gasteiger partial charge in [-0.15, -0.1) is 0 Å². The van der Waals surface area contributed by atoms with Gasteiger partial charge in [-0.2, -0.15) is 0 Å². The van der Waals surface area contributed by atoms with Gasteiger partial charge in [-0.05, 0) is 18.2 Å². The highest BCUT2D eigenvalue weighted by atomic mass is 35.5. The number of nitro groups is 1. The third kappa shape index (κ3) is 3.29. The Morgan fingerprint density at radius 2 is 1.81 bits per heavy atom. The molecule has 0 saturated heterocycles. The van der Waals surface area contributed by atoms with Crippen LogP contribution in [-0.2, 0) is 0 Å². The first kappa shape index (κ1) is 15.2. The predicted octanol–water partition coefficient (Wildman–Crippen LogP) is 4.65. The van der Waals surface area contributed by atoms with Crippen LogP contribution in [0.4, 0.5) is 10.1 Å². The zero-order chi connectivity index (χ0) is 15.6. The molecule has 0 atom stereocenters. The van der Waals surface area contributed by atoms with Crippen LogP contribution in [0.15, 0.2) is 30.3 Å². The van der Waals surface area contributed by atoms with Crippen molar-refractivity contribution in [3.05, 3.63) is 61.9 Å². The second kappa shape index (κ2) is 6.07. The highest BCUT2D eigenvalue weighted by molar-refractivity contribution is 6.37. The Balaban J connectivity index is 2.45. The molecule has 0 aromatic heterocycles. The standard InChI is InChI=1S/C13H6Cl2FNO4/c14-10-4-9(17(19)20)5-11(15)13(10)21-12-2-1-8(16)3-7(12)6-18/h1-6H. The van der Waals surface area contributed by atoms with Crippen molar-refractivity contribution in [1.29, 1.82) is 0 Å². The maximum atomic E-state index is 13.0. The molecule has 0 N–H and O–H groups in total. The van der Waals surface area contributed by atoms with Gasteiger partial charge in [0.1, 0.15) is 11.6 Å². The molecule has 2 aromatic rings. The molecule has 0 amide bonds. The summed E-state index contributed by atoms with van der Waals surface area (Å²) in [7, 11) is 0. The summed E-state index contributed by atoms with van der Waals surface area (Å²) in [6.07, 6.45) is 0.408. The second-order valence-corrected chi connectivity index (χ2v) is 4.71. The van der Waals surface area contributed by atoms with Gasteiger partial charge in [-0.3, -0.25) is 14.9 Å². The number of rotatable bonds is 4. The van der Waals surface area contributed by atoms with E-state index in [1.54, 1.807) is 0 Å². The van der Waals surface area contributed by atoms with E-state index in [-0.39, 0.29) is 32.8 Å². The molecule has 0 aliphatic rings. The van der Waals surface area contributed by atoms with Crippen LogP contribution in [0.25, 0.3) is 0 Å². The molecule has 21 heavy (non-hydrogen) atoms. The summed E-state index contributed by atoms with van der Waals surface area (Å²) in [5.74, 6) is -0.631. The number of ether oxygens (including phenoxy) is 1. The predicted molar refractivity (Wildman–Crippen MR) is 75.0 cm³/mol. The normalized spacial score (nSPS) is 10.2. The van der Waals surface area contributed by atoms with Gasteiger partial charge in [0.15, 0.2) is 12.0 Å². The zero-order valence-electron chi connectivity index (χ0n) is 10.2. The number of hydrogen-bond acceptors (Lipinski definition) is 4. The van der Waals surface area contributed by atoms with E-state index >= 15 is 0 Å². The lowest BCUT2D eigenvalue weighted by molar-refractivity contribution is -0.384. The molecule has 108 valence electrons. The Labute approximate surface area is 128 Å². The number of aldehydes is 1. The van der Waals surface area contributed by atoms with Gasteiger partial charge in [-0.1, -0.05) is 23.2 Å². The summed E-state index contributed by atoms with van der Waals surface area (Å²) >= 11 is 11.8. The van der Waals surface area contributed by atoms with Crippen molar-refractivity contribution in [2.75, 3.05) is 0 Å². The largest absolute Gasteiger partial charge is 0.453 e. The van der Waals surface area contributed by atoms with Gasteiger partial charge in [0.25, 0.3) is 5.69 Å². The number of carbonyl (C=O) groups excluding carboxylic acids is 1. The molecule has 5 nitrogen and oxygen atoms in total. The quantitative estimate of drug-likeness (QED) is 0.465. The molecule has 0 fully saturated rings. The molecule has 0 aliphatic heterocycles. The summed E-state index contributed by atoms with van der Waals surface area (Å²) in [5.41, 5.74) is -0.340. The fourth-order valence-corrected chi connectivity index (χ4v) is 2.12. The molecule has 0 bridgehead atoms. The number of non-ortho nitro benzene ring substituents is 1. The van der Waals surface area contributed by atoms with E-state index in [2.05, 4.69) is 0 Å². The molecule has 0 aliphatic carbocycles. The topological polar surface area (TPSA) is 69.4 Å². The van der Waals surface area contributed by atoms with E-state index in [0.29, 0.717) is 6.29 Å². The number of nitrogens with zero attached hydrogens (tertiary/aromatic N) is 1. The number of benzene rings is 2. The lowest BCUT2D eigenvalue weighted by Crippen LogP contribution is -1.94. The number of nitro benzene ring substituents is 1. The van der Waals surface area contributed by atoms with E-state index in [9.17, 15) is 19.3 Å². The van der Waals surface area contributed by atoms with Crippen LogP contribution >= 0.6 is 23.2 Å². The van der Waals surface area contributed by atoms with Gasteiger partial charge in [0, 0.05) is 12.1 Å². The Morgan fingerprint density at radius 1 is 1.19 bits per heavy atom. The van der Waals surface area contributed by atoms with E-state index in [1.165, 1.54) is 6.07 Å². The summed E-state index contributed by atoms with van der Waals surface area (Å²) in [4.78, 5) is 20.9. The van der Waals surface area contributed by atoms with Gasteiger partial charge >= 0.3 is 0 Å². The first-order valence-corrected chi connectivity index (χ1v) is 6.24. The molecule has 0 unspecified atom stereocenters. The minimum atomic E-state index is -0.656. The number of carbonyl (C=O) groups is 1. The van der Waals surface area contributed by atoms with Gasteiger partial charge < -0.3 is 4.74 Å². The van der Waals surface area contributed by atoms with E-state index in [4.69, 9.17) is 27.9 Å². The minimum absolute atomic E-state index is 0.0315. The van der Waals surface area contributed by atoms with Gasteiger partial charge in [0.05, 0.1) is 20.5 Å². The molecular formula is C13H6Cl2FNO4. The Morgan fingerprint density at radius 3 is 2.33 bits per heavy atom. The van der Waals surface area contributed by atoms with Crippen molar-refractivity contribution in [1.82, 2.24) is 0 Å². The summed E-state index contributed by atoms with van der Waals surface area (Å²) < 4.78 is 18.4. The van der Waals surface area contributed by atoms with Crippen LogP contribution in [0.3, 0.4) is 0 Å². The Hall–Kier alpha value is -2.18. The molecular weight excluding hydrogens is 324 g/mol. The van der Waals surface area contributed by atoms with Crippen molar-refractivity contribution >= 4 is 35.2 Å². The van der Waals surface area contributed by atoms with Gasteiger partial charge in [-0.25, -0.2) is 4.39 Å². The molecule has 2 aromatic carbocycles. The lowest BCUT2D eigenvalue weighted by atomic mass is 10.2. The zero-order valence-corrected chi connectivity index (χ0v) is 11.7. The van der Waals surface area contributed by atoms with Crippen LogP contribution < -0.4 is 4.74 Å². The van der Waals surface area contributed by atoms with Crippen molar-refractivity contribution in [2.45, 2.75) is 0 Å². The molecule has 0 radical (unpaired) electrons. The van der Waals surface area contributed by atoms with Crippen molar-refractivity contribution in [2.24, 2.45) is 0 Å². The summed E-state index contributed by atoms with van der Waals surface area (Å²) in [6, 6.07) is 5.43. The minimum Gasteiger partial charge on any atom is -0.453 e. The SMILES string of the molecule is O=Cc1cc(F)ccc1Oc1c(Cl)cc([N+](=O)[O-])cc1Cl. The van der Waals surface area contributed by atoms with Crippen molar-refractivity contribution in [3.63, 3.8) is 0 Å². The van der Waals surface area contributed by atoms with Crippen molar-refractivity contribution < 1.29 is 18.8 Å². The smallest absolute Gasteiger partial charge is 0.272 e. The van der Waals surface area contributed by atoms with E-state index in [1.807, 2.05) is 0 Å². The highest BCUT2D eigenvalue weighted by Gasteiger charge is 2.17. The average molecular weight is 330 g/mol. The Bertz CT molecular complexity index is 713. The van der Waals surface area contributed by atoms with Crippen LogP contribution in [-0.4, -0.2) is 11.2 Å². The molecule has 0 saturated carbocycles. The molecule has 8 heteroatoms. The van der Waals surface area contributed by atoms with Crippen LogP contribution in [0.5, 0.6) is 11.5 Å². The molecule has 2 rings (SSSR count). The maximum absolute atomic E-state index is 13.0. The van der Waals surface area contributed by atoms with Crippen molar-refractivity contribution in [3.8, 4) is 11.5 Å². The summed E-state index contributed by atoms with van der Waals surface area (Å²) in [6.45, 7) is 0. The molecule has 0 heterocycles. The third-order valence-electron chi connectivity index (χ3n) is 2.50. The van der Waals surface area contributed by atoms with Crippen LogP contribution in [0, 0.1) is 15.9 Å². The Kier molecular flexibility index (Phi) is 4.40. The maximum Gasteiger partial charge on any atom is 0.272 e. The fraction of sp³-hybridized carbons (Fsp3) is 0. The summed E-state index contributed by atoms with van der Waals surface area (Å²) in [5, 5.41) is 10.5. The first-order chi connectivity index (χ1) is 9.92. The number of hydrogen-bond donors (Lipinski definition) is 0. The third-order valence-corrected chi connectivity index (χ3v) is 3.07. The number of halogens is 3. The monoisotopic (exact) mass is 329 g/mol. The second-order valence-electron chi connectivity index (χ2n) is 3.90. The average Bonchev–Trinajstić information content (AvgIpc) is 2.43. The highest BCUT2D eigenvalue weighted by Crippen LogP contribution is 2.40. The first-order valence-electron chi connectivity index (χ1n) is 5.48. The molecule has 0 spiro atoms. The van der Waals surface area contributed by atoms with Crippen LogP contribution in [0.2, 0.25) is 10.0 Å². The van der Waals surface area contributed by atoms with E-state index in [0.717, 1.165) is 24.3 Å². The van der Waals surface area contributed by atoms with E-state index < -0.39 is 10.7 Å². The van der Waals surface area contributed by atoms with Gasteiger partial charge in [0.2, 0.25) is 0 Å². The fourth-order valence-electron chi connectivity index (χ4n) is 1.56. The van der Waals surface area contributed by atoms with Crippen LogP contribution in [0.1, 0.15) is 10.4 Å². The lowest BCUT2D eigenvalue weighted by Gasteiger charge is -2.11.